The van der Waals surface area contributed by atoms with Gasteiger partial charge in [-0.3, -0.25) is 0 Å². The molecule has 0 amide bonds. The average molecular weight is 277 g/mol. The van der Waals surface area contributed by atoms with E-state index in [0.717, 1.165) is 27.7 Å². The van der Waals surface area contributed by atoms with E-state index in [2.05, 4.69) is 0 Å². The Morgan fingerprint density at radius 3 is 2.74 bits per heavy atom. The van der Waals surface area contributed by atoms with Crippen LogP contribution in [0, 0.1) is 0 Å². The van der Waals surface area contributed by atoms with Crippen LogP contribution in [-0.2, 0) is 0 Å². The third-order valence-electron chi connectivity index (χ3n) is 2.99. The number of rotatable bonds is 4. The molecule has 100 valence electrons. The van der Waals surface area contributed by atoms with Gasteiger partial charge in [0.2, 0.25) is 0 Å². The first kappa shape index (κ1) is 13.9. The molecule has 0 aliphatic carbocycles. The molecule has 0 aliphatic heterocycles. The van der Waals surface area contributed by atoms with Crippen molar-refractivity contribution in [1.29, 1.82) is 0 Å². The van der Waals surface area contributed by atoms with Crippen LogP contribution in [0.3, 0.4) is 0 Å². The van der Waals surface area contributed by atoms with Crippen molar-refractivity contribution >= 4 is 22.4 Å². The summed E-state index contributed by atoms with van der Waals surface area (Å²) in [4.78, 5) is 0. The molecule has 0 radical (unpaired) electrons. The van der Waals surface area contributed by atoms with E-state index in [-0.39, 0.29) is 0 Å². The highest BCUT2D eigenvalue weighted by Crippen LogP contribution is 2.33. The SMILES string of the molecule is C/C(=C\Cl)COc1c(C(C)O)ccc2ccccc12. The largest absolute Gasteiger partial charge is 0.488 e. The molecule has 0 aliphatic rings. The van der Waals surface area contributed by atoms with Gasteiger partial charge in [0.25, 0.3) is 0 Å². The fourth-order valence-electron chi connectivity index (χ4n) is 1.97. The van der Waals surface area contributed by atoms with Gasteiger partial charge in [0, 0.05) is 16.5 Å². The summed E-state index contributed by atoms with van der Waals surface area (Å²) in [5.41, 5.74) is 3.24. The second-order valence-corrected chi connectivity index (χ2v) is 4.84. The minimum absolute atomic E-state index is 0.414. The summed E-state index contributed by atoms with van der Waals surface area (Å²) in [6, 6.07) is 11.9. The van der Waals surface area contributed by atoms with Crippen LogP contribution in [0.4, 0.5) is 0 Å². The van der Waals surface area contributed by atoms with Crippen molar-refractivity contribution in [2.45, 2.75) is 20.0 Å². The third kappa shape index (κ3) is 3.09. The van der Waals surface area contributed by atoms with Crippen LogP contribution < -0.4 is 4.74 Å². The molecule has 3 heteroatoms. The van der Waals surface area contributed by atoms with Crippen LogP contribution in [0.5, 0.6) is 5.75 Å². The zero-order valence-electron chi connectivity index (χ0n) is 11.1. The highest BCUT2D eigenvalue weighted by molar-refractivity contribution is 6.25. The van der Waals surface area contributed by atoms with Gasteiger partial charge in [-0.25, -0.2) is 0 Å². The summed E-state index contributed by atoms with van der Waals surface area (Å²) in [5, 5.41) is 12.0. The summed E-state index contributed by atoms with van der Waals surface area (Å²) < 4.78 is 5.85. The van der Waals surface area contributed by atoms with Crippen molar-refractivity contribution in [2.75, 3.05) is 6.61 Å². The average Bonchev–Trinajstić information content (AvgIpc) is 2.43. The van der Waals surface area contributed by atoms with E-state index in [0.29, 0.717) is 6.61 Å². The van der Waals surface area contributed by atoms with Crippen LogP contribution in [0.2, 0.25) is 0 Å². The Balaban J connectivity index is 2.49. The predicted molar refractivity (Wildman–Crippen MR) is 79.7 cm³/mol. The molecule has 0 fully saturated rings. The van der Waals surface area contributed by atoms with Crippen molar-refractivity contribution in [3.05, 3.63) is 53.1 Å². The minimum atomic E-state index is -0.570. The lowest BCUT2D eigenvalue weighted by Gasteiger charge is -2.16. The lowest BCUT2D eigenvalue weighted by Crippen LogP contribution is -2.03. The van der Waals surface area contributed by atoms with E-state index in [1.807, 2.05) is 43.3 Å². The number of hydrogen-bond acceptors (Lipinski definition) is 2. The number of benzene rings is 2. The molecular weight excluding hydrogens is 260 g/mol. The normalized spacial score (nSPS) is 13.6. The maximum absolute atomic E-state index is 9.87. The molecule has 0 aromatic heterocycles. The van der Waals surface area contributed by atoms with Gasteiger partial charge in [0.1, 0.15) is 12.4 Å². The first-order valence-corrected chi connectivity index (χ1v) is 6.65. The standard InChI is InChI=1S/C16H17ClO2/c1-11(9-17)10-19-16-14(12(2)18)8-7-13-5-3-4-6-15(13)16/h3-9,12,18H,10H2,1-2H3/b11-9+. The van der Waals surface area contributed by atoms with Crippen LogP contribution in [0.25, 0.3) is 10.8 Å². The summed E-state index contributed by atoms with van der Waals surface area (Å²) in [7, 11) is 0. The van der Waals surface area contributed by atoms with E-state index >= 15 is 0 Å². The maximum atomic E-state index is 9.87. The number of hydrogen-bond donors (Lipinski definition) is 1. The smallest absolute Gasteiger partial charge is 0.133 e. The fourth-order valence-corrected chi connectivity index (χ4v) is 2.03. The molecule has 2 aromatic rings. The second-order valence-electron chi connectivity index (χ2n) is 4.63. The third-order valence-corrected chi connectivity index (χ3v) is 3.36. The Bertz CT molecular complexity index is 603. The Morgan fingerprint density at radius 1 is 1.32 bits per heavy atom. The highest BCUT2D eigenvalue weighted by atomic mass is 35.5. The monoisotopic (exact) mass is 276 g/mol. The van der Waals surface area contributed by atoms with Gasteiger partial charge in [-0.15, -0.1) is 0 Å². The van der Waals surface area contributed by atoms with Gasteiger partial charge in [0.05, 0.1) is 6.10 Å². The van der Waals surface area contributed by atoms with E-state index in [9.17, 15) is 5.11 Å². The predicted octanol–water partition coefficient (Wildman–Crippen LogP) is 4.41. The molecule has 1 unspecified atom stereocenters. The van der Waals surface area contributed by atoms with Crippen molar-refractivity contribution < 1.29 is 9.84 Å². The lowest BCUT2D eigenvalue weighted by molar-refractivity contribution is 0.193. The zero-order valence-corrected chi connectivity index (χ0v) is 11.8. The van der Waals surface area contributed by atoms with Crippen molar-refractivity contribution in [3.8, 4) is 5.75 Å². The number of aliphatic hydroxyl groups is 1. The molecule has 19 heavy (non-hydrogen) atoms. The van der Waals surface area contributed by atoms with E-state index in [1.165, 1.54) is 5.54 Å². The van der Waals surface area contributed by atoms with Crippen molar-refractivity contribution in [1.82, 2.24) is 0 Å². The van der Waals surface area contributed by atoms with Gasteiger partial charge >= 0.3 is 0 Å². The van der Waals surface area contributed by atoms with Crippen LogP contribution in [-0.4, -0.2) is 11.7 Å². The van der Waals surface area contributed by atoms with Gasteiger partial charge in [0.15, 0.2) is 0 Å². The molecular formula is C16H17ClO2. The van der Waals surface area contributed by atoms with E-state index in [1.54, 1.807) is 6.92 Å². The number of aliphatic hydroxyl groups excluding tert-OH is 1. The summed E-state index contributed by atoms with van der Waals surface area (Å²) in [5.74, 6) is 0.728. The van der Waals surface area contributed by atoms with Crippen LogP contribution in [0.1, 0.15) is 25.5 Å². The molecule has 2 nitrogen and oxygen atoms in total. The Hall–Kier alpha value is -1.51. The molecule has 0 saturated heterocycles. The fraction of sp³-hybridized carbons (Fsp3) is 0.250. The lowest BCUT2D eigenvalue weighted by atomic mass is 10.0. The van der Waals surface area contributed by atoms with Gasteiger partial charge < -0.3 is 9.84 Å². The molecule has 1 N–H and O–H groups in total. The number of halogens is 1. The first-order valence-electron chi connectivity index (χ1n) is 6.22. The molecule has 1 atom stereocenters. The van der Waals surface area contributed by atoms with E-state index in [4.69, 9.17) is 16.3 Å². The molecule has 0 heterocycles. The summed E-state index contributed by atoms with van der Waals surface area (Å²) in [6.45, 7) is 4.05. The first-order chi connectivity index (χ1) is 9.13. The Kier molecular flexibility index (Phi) is 4.46. The summed E-state index contributed by atoms with van der Waals surface area (Å²) >= 11 is 5.65. The molecule has 0 bridgehead atoms. The van der Waals surface area contributed by atoms with Crippen molar-refractivity contribution in [3.63, 3.8) is 0 Å². The second kappa shape index (κ2) is 6.09. The summed E-state index contributed by atoms with van der Waals surface area (Å²) in [6.07, 6.45) is -0.570. The van der Waals surface area contributed by atoms with Crippen LogP contribution >= 0.6 is 11.6 Å². The van der Waals surface area contributed by atoms with Gasteiger partial charge in [-0.2, -0.15) is 0 Å². The topological polar surface area (TPSA) is 29.5 Å². The Morgan fingerprint density at radius 2 is 2.05 bits per heavy atom. The maximum Gasteiger partial charge on any atom is 0.133 e. The zero-order chi connectivity index (χ0) is 13.8. The number of fused-ring (bicyclic) bond motifs is 1. The molecule has 0 spiro atoms. The van der Waals surface area contributed by atoms with Crippen LogP contribution in [0.15, 0.2) is 47.5 Å². The highest BCUT2D eigenvalue weighted by Gasteiger charge is 2.13. The Labute approximate surface area is 118 Å². The quantitative estimate of drug-likeness (QED) is 0.896. The van der Waals surface area contributed by atoms with Crippen molar-refractivity contribution in [2.24, 2.45) is 0 Å². The van der Waals surface area contributed by atoms with Gasteiger partial charge in [-0.1, -0.05) is 48.0 Å². The molecule has 2 aromatic carbocycles. The minimum Gasteiger partial charge on any atom is -0.488 e. The molecule has 2 rings (SSSR count). The van der Waals surface area contributed by atoms with Gasteiger partial charge in [-0.05, 0) is 24.8 Å². The number of ether oxygens (including phenoxy) is 1. The van der Waals surface area contributed by atoms with E-state index < -0.39 is 6.10 Å². The molecule has 0 saturated carbocycles.